The molecule has 2 rings (SSSR count). The molecule has 4 nitrogen and oxygen atoms in total. The van der Waals surface area contributed by atoms with E-state index in [0.29, 0.717) is 5.75 Å². The minimum Gasteiger partial charge on any atom is -0.484 e. The van der Waals surface area contributed by atoms with Crippen molar-refractivity contribution in [1.29, 1.82) is 0 Å². The fourth-order valence-corrected chi connectivity index (χ4v) is 1.75. The smallest absolute Gasteiger partial charge is 0.255 e. The predicted octanol–water partition coefficient (Wildman–Crippen LogP) is 3.06. The minimum atomic E-state index is -0.495. The highest BCUT2D eigenvalue weighted by atomic mass is 79.9. The van der Waals surface area contributed by atoms with Gasteiger partial charge in [-0.15, -0.1) is 0 Å². The molecular weight excluding hydrogens is 320 g/mol. The van der Waals surface area contributed by atoms with E-state index in [1.807, 2.05) is 36.4 Å². The third-order valence-corrected chi connectivity index (χ3v) is 2.98. The summed E-state index contributed by atoms with van der Waals surface area (Å²) in [7, 11) is 0. The zero-order valence-corrected chi connectivity index (χ0v) is 12.2. The maximum absolute atomic E-state index is 10.6. The van der Waals surface area contributed by atoms with Crippen LogP contribution in [0, 0.1) is 0 Å². The van der Waals surface area contributed by atoms with Crippen LogP contribution in [0.3, 0.4) is 0 Å². The highest BCUT2D eigenvalue weighted by Gasteiger charge is 1.97. The number of ether oxygens (including phenoxy) is 1. The van der Waals surface area contributed by atoms with Gasteiger partial charge in [0.15, 0.2) is 6.61 Å². The summed E-state index contributed by atoms with van der Waals surface area (Å²) in [6.45, 7) is -0.119. The number of aliphatic imine (C=N–C) groups is 1. The highest BCUT2D eigenvalue weighted by molar-refractivity contribution is 9.10. The first-order valence-corrected chi connectivity index (χ1v) is 6.73. The maximum atomic E-state index is 10.6. The largest absolute Gasteiger partial charge is 0.484 e. The molecule has 0 heterocycles. The monoisotopic (exact) mass is 332 g/mol. The fourth-order valence-electron chi connectivity index (χ4n) is 1.48. The number of amides is 1. The Hall–Kier alpha value is -2.14. The second-order valence-corrected chi connectivity index (χ2v) is 4.97. The van der Waals surface area contributed by atoms with Crippen LogP contribution in [0.4, 0.5) is 5.69 Å². The van der Waals surface area contributed by atoms with Crippen molar-refractivity contribution < 1.29 is 9.53 Å². The summed E-state index contributed by atoms with van der Waals surface area (Å²) >= 11 is 3.38. The van der Waals surface area contributed by atoms with Gasteiger partial charge < -0.3 is 10.5 Å². The highest BCUT2D eigenvalue weighted by Crippen LogP contribution is 2.17. The van der Waals surface area contributed by atoms with E-state index < -0.39 is 5.91 Å². The van der Waals surface area contributed by atoms with Crippen LogP contribution in [0.1, 0.15) is 5.56 Å². The van der Waals surface area contributed by atoms with Crippen molar-refractivity contribution >= 4 is 33.7 Å². The van der Waals surface area contributed by atoms with Gasteiger partial charge in [-0.3, -0.25) is 9.79 Å². The Kier molecular flexibility index (Phi) is 4.90. The molecule has 0 spiro atoms. The van der Waals surface area contributed by atoms with Crippen molar-refractivity contribution in [3.63, 3.8) is 0 Å². The lowest BCUT2D eigenvalue weighted by atomic mass is 10.2. The fraction of sp³-hybridized carbons (Fsp3) is 0.0667. The van der Waals surface area contributed by atoms with Gasteiger partial charge in [0, 0.05) is 10.7 Å². The van der Waals surface area contributed by atoms with Crippen molar-refractivity contribution in [2.45, 2.75) is 0 Å². The second kappa shape index (κ2) is 6.86. The van der Waals surface area contributed by atoms with Crippen LogP contribution in [0.15, 0.2) is 58.0 Å². The lowest BCUT2D eigenvalue weighted by molar-refractivity contribution is -0.119. The average molecular weight is 333 g/mol. The third kappa shape index (κ3) is 4.51. The van der Waals surface area contributed by atoms with Gasteiger partial charge >= 0.3 is 0 Å². The number of primary amides is 1. The number of benzene rings is 2. The molecule has 2 aromatic rings. The first kappa shape index (κ1) is 14.3. The van der Waals surface area contributed by atoms with Gasteiger partial charge in [-0.05, 0) is 54.1 Å². The molecule has 0 saturated carbocycles. The Morgan fingerprint density at radius 2 is 1.80 bits per heavy atom. The van der Waals surface area contributed by atoms with Gasteiger partial charge in [-0.25, -0.2) is 0 Å². The lowest BCUT2D eigenvalue weighted by Gasteiger charge is -2.03. The molecule has 0 radical (unpaired) electrons. The molecule has 0 aliphatic carbocycles. The van der Waals surface area contributed by atoms with Crippen LogP contribution < -0.4 is 10.5 Å². The number of carbonyl (C=O) groups excluding carboxylic acids is 1. The molecule has 0 unspecified atom stereocenters. The molecule has 5 heteroatoms. The molecule has 2 N–H and O–H groups in total. The standard InChI is InChI=1S/C15H13BrN2O2/c16-12-3-5-13(6-4-12)18-9-11-1-7-14(8-2-11)20-10-15(17)19/h1-9H,10H2,(H2,17,19). The van der Waals surface area contributed by atoms with E-state index in [0.717, 1.165) is 15.7 Å². The van der Waals surface area contributed by atoms with Crippen LogP contribution >= 0.6 is 15.9 Å². The van der Waals surface area contributed by atoms with Crippen LogP contribution in [0.25, 0.3) is 0 Å². The Morgan fingerprint density at radius 3 is 2.40 bits per heavy atom. The Balaban J connectivity index is 1.99. The average Bonchev–Trinajstić information content (AvgIpc) is 2.45. The SMILES string of the molecule is NC(=O)COc1ccc(C=Nc2ccc(Br)cc2)cc1. The topological polar surface area (TPSA) is 64.7 Å². The van der Waals surface area contributed by atoms with Gasteiger partial charge in [-0.2, -0.15) is 0 Å². The van der Waals surface area contributed by atoms with Gasteiger partial charge in [-0.1, -0.05) is 15.9 Å². The van der Waals surface area contributed by atoms with Gasteiger partial charge in [0.25, 0.3) is 5.91 Å². The molecule has 102 valence electrons. The van der Waals surface area contributed by atoms with Crippen LogP contribution in [-0.2, 0) is 4.79 Å². The summed E-state index contributed by atoms with van der Waals surface area (Å²) < 4.78 is 6.19. The number of nitrogens with zero attached hydrogens (tertiary/aromatic N) is 1. The summed E-state index contributed by atoms with van der Waals surface area (Å²) in [5.74, 6) is 0.107. The predicted molar refractivity (Wildman–Crippen MR) is 82.5 cm³/mol. The van der Waals surface area contributed by atoms with E-state index >= 15 is 0 Å². The van der Waals surface area contributed by atoms with Crippen LogP contribution in [-0.4, -0.2) is 18.7 Å². The lowest BCUT2D eigenvalue weighted by Crippen LogP contribution is -2.19. The summed E-state index contributed by atoms with van der Waals surface area (Å²) in [5, 5.41) is 0. The Morgan fingerprint density at radius 1 is 1.15 bits per heavy atom. The zero-order chi connectivity index (χ0) is 14.4. The van der Waals surface area contributed by atoms with E-state index in [2.05, 4.69) is 20.9 Å². The maximum Gasteiger partial charge on any atom is 0.255 e. The number of hydrogen-bond donors (Lipinski definition) is 1. The molecule has 0 aliphatic rings. The first-order valence-electron chi connectivity index (χ1n) is 5.94. The Labute approximate surface area is 125 Å². The van der Waals surface area contributed by atoms with Crippen LogP contribution in [0.5, 0.6) is 5.75 Å². The zero-order valence-electron chi connectivity index (χ0n) is 10.6. The number of carbonyl (C=O) groups is 1. The van der Waals surface area contributed by atoms with E-state index in [1.54, 1.807) is 18.3 Å². The molecule has 0 bridgehead atoms. The summed E-state index contributed by atoms with van der Waals surface area (Å²) in [5.41, 5.74) is 6.83. The summed E-state index contributed by atoms with van der Waals surface area (Å²) in [6.07, 6.45) is 1.76. The van der Waals surface area contributed by atoms with E-state index in [9.17, 15) is 4.79 Å². The normalized spacial score (nSPS) is 10.7. The molecule has 20 heavy (non-hydrogen) atoms. The Bertz CT molecular complexity index is 607. The molecule has 0 saturated heterocycles. The molecule has 2 aromatic carbocycles. The van der Waals surface area contributed by atoms with Gasteiger partial charge in [0.2, 0.25) is 0 Å². The van der Waals surface area contributed by atoms with Crippen molar-refractivity contribution in [2.24, 2.45) is 10.7 Å². The molecular formula is C15H13BrN2O2. The van der Waals surface area contributed by atoms with Gasteiger partial charge in [0.1, 0.15) is 5.75 Å². The van der Waals surface area contributed by atoms with E-state index in [4.69, 9.17) is 10.5 Å². The second-order valence-electron chi connectivity index (χ2n) is 4.06. The number of hydrogen-bond acceptors (Lipinski definition) is 3. The molecule has 0 fully saturated rings. The molecule has 0 aromatic heterocycles. The van der Waals surface area contributed by atoms with Crippen molar-refractivity contribution in [3.05, 3.63) is 58.6 Å². The number of nitrogens with two attached hydrogens (primary N) is 1. The van der Waals surface area contributed by atoms with E-state index in [-0.39, 0.29) is 6.61 Å². The van der Waals surface area contributed by atoms with Gasteiger partial charge in [0.05, 0.1) is 5.69 Å². The minimum absolute atomic E-state index is 0.119. The molecule has 0 atom stereocenters. The summed E-state index contributed by atoms with van der Waals surface area (Å²) in [6, 6.07) is 15.0. The molecule has 0 aliphatic heterocycles. The van der Waals surface area contributed by atoms with E-state index in [1.165, 1.54) is 0 Å². The first-order chi connectivity index (χ1) is 9.63. The quantitative estimate of drug-likeness (QED) is 0.855. The summed E-state index contributed by atoms with van der Waals surface area (Å²) in [4.78, 5) is 15.0. The molecule has 1 amide bonds. The number of halogens is 1. The van der Waals surface area contributed by atoms with Crippen molar-refractivity contribution in [2.75, 3.05) is 6.61 Å². The number of rotatable bonds is 5. The third-order valence-electron chi connectivity index (χ3n) is 2.45. The van der Waals surface area contributed by atoms with Crippen molar-refractivity contribution in [3.8, 4) is 5.75 Å². The van der Waals surface area contributed by atoms with Crippen LogP contribution in [0.2, 0.25) is 0 Å². The van der Waals surface area contributed by atoms with Crippen molar-refractivity contribution in [1.82, 2.24) is 0 Å².